The third-order valence-corrected chi connectivity index (χ3v) is 7.13. The maximum Gasteiger partial charge on any atom is 0.416 e. The number of benzene rings is 3. The highest BCUT2D eigenvalue weighted by Crippen LogP contribution is 2.36. The summed E-state index contributed by atoms with van der Waals surface area (Å²) in [6, 6.07) is 20.6. The molecule has 188 valence electrons. The lowest BCUT2D eigenvalue weighted by atomic mass is 9.87. The molecule has 1 fully saturated rings. The average Bonchev–Trinajstić information content (AvgIpc) is 3.22. The van der Waals surface area contributed by atoms with Gasteiger partial charge in [0.05, 0.1) is 23.6 Å². The molecule has 0 saturated carbocycles. The van der Waals surface area contributed by atoms with Crippen molar-refractivity contribution in [1.29, 1.82) is 0 Å². The topological polar surface area (TPSA) is 66.8 Å². The summed E-state index contributed by atoms with van der Waals surface area (Å²) in [5, 5.41) is 11.3. The van der Waals surface area contributed by atoms with Gasteiger partial charge in [-0.05, 0) is 70.3 Å². The molecule has 3 aromatic carbocycles. The number of hydrogen-bond donors (Lipinski definition) is 1. The van der Waals surface area contributed by atoms with E-state index < -0.39 is 41.8 Å². The number of alkyl halides is 3. The molecule has 3 aromatic rings. The molecular weight excluding hydrogens is 586 g/mol. The number of halogens is 4. The highest BCUT2D eigenvalue weighted by Gasteiger charge is 2.43. The third-order valence-electron chi connectivity index (χ3n) is 6.15. The number of carbonyl (C=O) groups is 2. The standard InChI is InChI=1S/C27H23F3INO4/c28-27(29,30)19-11-12-23(31)21(15-19)24(33)22(14-18-9-5-2-6-10-18)25(34)32-20(16-36-26(32)35)13-17-7-3-1-4-8-17/h1-12,15,20,22,24,33H,13-14,16H2/t20-,22+,24+/m0/s1. The molecule has 3 atom stereocenters. The summed E-state index contributed by atoms with van der Waals surface area (Å²) in [5.41, 5.74) is 0.646. The molecule has 0 aliphatic carbocycles. The Morgan fingerprint density at radius 1 is 1.03 bits per heavy atom. The Morgan fingerprint density at radius 2 is 1.64 bits per heavy atom. The minimum atomic E-state index is -4.61. The smallest absolute Gasteiger partial charge is 0.416 e. The van der Waals surface area contributed by atoms with E-state index in [-0.39, 0.29) is 18.6 Å². The Morgan fingerprint density at radius 3 is 2.25 bits per heavy atom. The van der Waals surface area contributed by atoms with Crippen LogP contribution in [0.5, 0.6) is 0 Å². The minimum absolute atomic E-state index is 0.00524. The van der Waals surface area contributed by atoms with Gasteiger partial charge in [0.2, 0.25) is 5.91 Å². The van der Waals surface area contributed by atoms with Gasteiger partial charge in [0.15, 0.2) is 0 Å². The van der Waals surface area contributed by atoms with Gasteiger partial charge in [-0.25, -0.2) is 9.69 Å². The van der Waals surface area contributed by atoms with Crippen LogP contribution in [0, 0.1) is 9.49 Å². The van der Waals surface area contributed by atoms with Gasteiger partial charge in [0, 0.05) is 3.57 Å². The largest absolute Gasteiger partial charge is 0.447 e. The second-order valence-electron chi connectivity index (χ2n) is 8.60. The van der Waals surface area contributed by atoms with E-state index in [1.54, 1.807) is 30.3 Å². The first kappa shape index (κ1) is 26.2. The Labute approximate surface area is 220 Å². The zero-order valence-electron chi connectivity index (χ0n) is 19.0. The minimum Gasteiger partial charge on any atom is -0.447 e. The molecular formula is C27H23F3INO4. The second kappa shape index (κ2) is 11.0. The SMILES string of the molecule is O=C1OC[C@H](Cc2ccccc2)N1C(=O)[C@H](Cc1ccccc1)[C@H](O)c1cc(C(F)(F)F)ccc1I. The van der Waals surface area contributed by atoms with Gasteiger partial charge in [-0.3, -0.25) is 4.79 Å². The highest BCUT2D eigenvalue weighted by atomic mass is 127. The molecule has 5 nitrogen and oxygen atoms in total. The Bertz CT molecular complexity index is 1220. The van der Waals surface area contributed by atoms with E-state index in [2.05, 4.69) is 0 Å². The van der Waals surface area contributed by atoms with Gasteiger partial charge in [-0.1, -0.05) is 60.7 Å². The van der Waals surface area contributed by atoms with Crippen molar-refractivity contribution >= 4 is 34.6 Å². The van der Waals surface area contributed by atoms with E-state index in [0.717, 1.165) is 22.6 Å². The van der Waals surface area contributed by atoms with Gasteiger partial charge in [-0.2, -0.15) is 13.2 Å². The lowest BCUT2D eigenvalue weighted by Gasteiger charge is -2.29. The molecule has 0 spiro atoms. The third kappa shape index (κ3) is 5.89. The molecule has 4 rings (SSSR count). The van der Waals surface area contributed by atoms with Crippen molar-refractivity contribution in [1.82, 2.24) is 4.90 Å². The zero-order chi connectivity index (χ0) is 25.9. The van der Waals surface area contributed by atoms with Crippen LogP contribution in [-0.4, -0.2) is 34.7 Å². The first-order valence-electron chi connectivity index (χ1n) is 11.3. The molecule has 36 heavy (non-hydrogen) atoms. The molecule has 0 aromatic heterocycles. The van der Waals surface area contributed by atoms with Crippen molar-refractivity contribution < 1.29 is 32.6 Å². The molecule has 1 aliphatic heterocycles. The van der Waals surface area contributed by atoms with Gasteiger partial charge in [-0.15, -0.1) is 0 Å². The predicted octanol–water partition coefficient (Wildman–Crippen LogP) is 5.79. The number of ether oxygens (including phenoxy) is 1. The lowest BCUT2D eigenvalue weighted by molar-refractivity contribution is -0.137. The van der Waals surface area contributed by atoms with Crippen molar-refractivity contribution in [2.75, 3.05) is 6.61 Å². The van der Waals surface area contributed by atoms with Crippen LogP contribution in [0.4, 0.5) is 18.0 Å². The number of carbonyl (C=O) groups excluding carboxylic acids is 2. The molecule has 1 aliphatic rings. The van der Waals surface area contributed by atoms with Gasteiger partial charge >= 0.3 is 12.3 Å². The van der Waals surface area contributed by atoms with E-state index in [9.17, 15) is 27.9 Å². The fourth-order valence-corrected chi connectivity index (χ4v) is 4.97. The van der Waals surface area contributed by atoms with Crippen LogP contribution in [0.15, 0.2) is 78.9 Å². The van der Waals surface area contributed by atoms with Crippen LogP contribution >= 0.6 is 22.6 Å². The van der Waals surface area contributed by atoms with E-state index in [0.29, 0.717) is 15.6 Å². The van der Waals surface area contributed by atoms with E-state index >= 15 is 0 Å². The van der Waals surface area contributed by atoms with Gasteiger partial charge in [0.1, 0.15) is 6.61 Å². The number of cyclic esters (lactones) is 1. The van der Waals surface area contributed by atoms with Crippen molar-refractivity contribution in [2.45, 2.75) is 31.2 Å². The van der Waals surface area contributed by atoms with Crippen LogP contribution < -0.4 is 0 Å². The molecule has 0 unspecified atom stereocenters. The van der Waals surface area contributed by atoms with E-state index in [4.69, 9.17) is 4.74 Å². The maximum atomic E-state index is 13.8. The first-order valence-corrected chi connectivity index (χ1v) is 12.4. The van der Waals surface area contributed by atoms with Crippen LogP contribution in [0.3, 0.4) is 0 Å². The lowest BCUT2D eigenvalue weighted by Crippen LogP contribution is -2.45. The molecule has 1 saturated heterocycles. The average molecular weight is 609 g/mol. The van der Waals surface area contributed by atoms with Crippen LogP contribution in [0.2, 0.25) is 0 Å². The van der Waals surface area contributed by atoms with Gasteiger partial charge < -0.3 is 9.84 Å². The Kier molecular flexibility index (Phi) is 7.99. The highest BCUT2D eigenvalue weighted by molar-refractivity contribution is 14.1. The summed E-state index contributed by atoms with van der Waals surface area (Å²) >= 11 is 1.84. The van der Waals surface area contributed by atoms with Crippen LogP contribution in [0.1, 0.15) is 28.4 Å². The van der Waals surface area contributed by atoms with E-state index in [1.807, 2.05) is 52.9 Å². The number of hydrogen-bond acceptors (Lipinski definition) is 4. The van der Waals surface area contributed by atoms with Crippen molar-refractivity contribution in [3.8, 4) is 0 Å². The van der Waals surface area contributed by atoms with Crippen molar-refractivity contribution in [3.05, 3.63) is 105 Å². The van der Waals surface area contributed by atoms with E-state index in [1.165, 1.54) is 6.07 Å². The molecule has 9 heteroatoms. The van der Waals surface area contributed by atoms with Crippen LogP contribution in [-0.2, 0) is 28.5 Å². The summed E-state index contributed by atoms with van der Waals surface area (Å²) in [6.07, 6.45) is -6.65. The zero-order valence-corrected chi connectivity index (χ0v) is 21.1. The number of imide groups is 1. The number of rotatable bonds is 7. The van der Waals surface area contributed by atoms with Crippen molar-refractivity contribution in [3.63, 3.8) is 0 Å². The van der Waals surface area contributed by atoms with Crippen molar-refractivity contribution in [2.24, 2.45) is 5.92 Å². The number of amides is 2. The summed E-state index contributed by atoms with van der Waals surface area (Å²) in [5.74, 6) is -1.91. The normalized spacial score (nSPS) is 17.5. The quantitative estimate of drug-likeness (QED) is 0.345. The fourth-order valence-electron chi connectivity index (χ4n) is 4.31. The fraction of sp³-hybridized carbons (Fsp3) is 0.259. The molecule has 0 radical (unpaired) electrons. The van der Waals surface area contributed by atoms with Gasteiger partial charge in [0.25, 0.3) is 0 Å². The second-order valence-corrected chi connectivity index (χ2v) is 9.77. The molecule has 1 heterocycles. The summed E-state index contributed by atoms with van der Waals surface area (Å²) in [6.45, 7) is -0.00524. The molecule has 2 amide bonds. The predicted molar refractivity (Wildman–Crippen MR) is 135 cm³/mol. The Hall–Kier alpha value is -2.92. The summed E-state index contributed by atoms with van der Waals surface area (Å²) < 4.78 is 45.8. The summed E-state index contributed by atoms with van der Waals surface area (Å²) in [7, 11) is 0. The number of aliphatic hydroxyl groups excluding tert-OH is 1. The number of aliphatic hydroxyl groups is 1. The van der Waals surface area contributed by atoms with Crippen LogP contribution in [0.25, 0.3) is 0 Å². The Balaban J connectivity index is 1.70. The monoisotopic (exact) mass is 609 g/mol. The molecule has 1 N–H and O–H groups in total. The summed E-state index contributed by atoms with van der Waals surface area (Å²) in [4.78, 5) is 27.4. The first-order chi connectivity index (χ1) is 17.1. The molecule has 0 bridgehead atoms. The maximum absolute atomic E-state index is 13.8. The number of nitrogens with zero attached hydrogens (tertiary/aromatic N) is 1.